The number of fused-ring (bicyclic) bond motifs is 1. The molecule has 1 aliphatic rings. The van der Waals surface area contributed by atoms with Crippen LogP contribution in [-0.4, -0.2) is 39.5 Å². The van der Waals surface area contributed by atoms with Gasteiger partial charge in [-0.15, -0.1) is 11.8 Å². The molecule has 3 heterocycles. The molecule has 1 aromatic carbocycles. The van der Waals surface area contributed by atoms with Crippen molar-refractivity contribution in [3.05, 3.63) is 40.8 Å². The Labute approximate surface area is 161 Å². The van der Waals surface area contributed by atoms with Crippen LogP contribution in [-0.2, 0) is 0 Å². The first-order valence-electron chi connectivity index (χ1n) is 9.16. The third-order valence-corrected chi connectivity index (χ3v) is 5.49. The highest BCUT2D eigenvalue weighted by Gasteiger charge is 2.17. The van der Waals surface area contributed by atoms with Crippen molar-refractivity contribution >= 4 is 40.1 Å². The quantitative estimate of drug-likeness (QED) is 0.667. The molecule has 0 bridgehead atoms. The summed E-state index contributed by atoms with van der Waals surface area (Å²) >= 11 is 1.69. The second-order valence-electron chi connectivity index (χ2n) is 6.59. The largest absolute Gasteiger partial charge is 0.341 e. The average molecular weight is 382 g/mol. The zero-order valence-corrected chi connectivity index (χ0v) is 16.1. The maximum atomic E-state index is 12.4. The molecule has 0 aliphatic carbocycles. The molecule has 7 nitrogen and oxygen atoms in total. The van der Waals surface area contributed by atoms with Gasteiger partial charge in [-0.1, -0.05) is 12.8 Å². The average Bonchev–Trinajstić information content (AvgIpc) is 2.98. The lowest BCUT2D eigenvalue weighted by Gasteiger charge is -2.21. The van der Waals surface area contributed by atoms with Crippen molar-refractivity contribution in [2.24, 2.45) is 0 Å². The van der Waals surface area contributed by atoms with Crippen LogP contribution in [0.4, 0.5) is 17.5 Å². The molecule has 0 radical (unpaired) electrons. The summed E-state index contributed by atoms with van der Waals surface area (Å²) in [4.78, 5) is 25.1. The Morgan fingerprint density at radius 2 is 1.81 bits per heavy atom. The molecule has 0 atom stereocenters. The normalized spacial score (nSPS) is 14.9. The van der Waals surface area contributed by atoms with Crippen molar-refractivity contribution in [3.8, 4) is 0 Å². The second kappa shape index (κ2) is 7.96. The van der Waals surface area contributed by atoms with Gasteiger partial charge in [-0.3, -0.25) is 4.79 Å². The first kappa shape index (κ1) is 17.8. The number of anilines is 3. The van der Waals surface area contributed by atoms with Crippen LogP contribution in [0.25, 0.3) is 10.9 Å². The summed E-state index contributed by atoms with van der Waals surface area (Å²) < 4.78 is 0. The summed E-state index contributed by atoms with van der Waals surface area (Å²) in [5.41, 5.74) is 1.14. The minimum Gasteiger partial charge on any atom is -0.341 e. The third-order valence-electron chi connectivity index (χ3n) is 4.75. The van der Waals surface area contributed by atoms with Crippen LogP contribution in [0.3, 0.4) is 0 Å². The van der Waals surface area contributed by atoms with E-state index in [0.29, 0.717) is 22.7 Å². The van der Waals surface area contributed by atoms with Crippen molar-refractivity contribution < 1.29 is 0 Å². The summed E-state index contributed by atoms with van der Waals surface area (Å²) in [7, 11) is 0. The summed E-state index contributed by atoms with van der Waals surface area (Å²) in [6.07, 6.45) is 8.36. The number of hydrogen-bond acceptors (Lipinski definition) is 7. The molecule has 0 amide bonds. The van der Waals surface area contributed by atoms with Crippen molar-refractivity contribution in [2.75, 3.05) is 29.6 Å². The number of benzene rings is 1. The highest BCUT2D eigenvalue weighted by molar-refractivity contribution is 7.98. The Hall–Kier alpha value is -2.61. The smallest absolute Gasteiger partial charge is 0.277 e. The van der Waals surface area contributed by atoms with Crippen molar-refractivity contribution in [3.63, 3.8) is 0 Å². The van der Waals surface area contributed by atoms with Crippen LogP contribution in [0.1, 0.15) is 25.7 Å². The van der Waals surface area contributed by atoms with Crippen LogP contribution in [0, 0.1) is 0 Å². The maximum absolute atomic E-state index is 12.4. The number of nitrogens with zero attached hydrogens (tertiary/aromatic N) is 4. The zero-order valence-electron chi connectivity index (χ0n) is 15.2. The van der Waals surface area contributed by atoms with E-state index in [1.54, 1.807) is 18.0 Å². The zero-order chi connectivity index (χ0) is 18.6. The number of rotatable bonds is 4. The Balaban J connectivity index is 1.77. The van der Waals surface area contributed by atoms with E-state index >= 15 is 0 Å². The van der Waals surface area contributed by atoms with E-state index in [0.717, 1.165) is 31.6 Å². The van der Waals surface area contributed by atoms with Gasteiger partial charge in [-0.05, 0) is 43.4 Å². The summed E-state index contributed by atoms with van der Waals surface area (Å²) in [5.74, 6) is 1.17. The molecule has 3 aromatic rings. The minimum absolute atomic E-state index is 0.293. The fraction of sp³-hybridized carbons (Fsp3) is 0.368. The van der Waals surface area contributed by atoms with Gasteiger partial charge < -0.3 is 10.2 Å². The molecule has 2 N–H and O–H groups in total. The van der Waals surface area contributed by atoms with E-state index in [1.165, 1.54) is 17.7 Å². The topological polar surface area (TPSA) is 86.8 Å². The molecule has 4 rings (SSSR count). The molecule has 2 aromatic heterocycles. The highest BCUT2D eigenvalue weighted by Crippen LogP contribution is 2.26. The number of hydrogen-bond donors (Lipinski definition) is 2. The van der Waals surface area contributed by atoms with Crippen molar-refractivity contribution in [1.82, 2.24) is 20.2 Å². The standard InChI is InChI=1S/C19H22N6OS/c1-27-14-8-6-13(7-9-14)21-17-16-15(12-20-24-18(16)26)22-19(23-17)25-10-4-2-3-5-11-25/h6-9,12H,2-5,10-11H2,1H3,(H,24,26)(H,21,22,23). The molecule has 1 fully saturated rings. The van der Waals surface area contributed by atoms with Gasteiger partial charge in [-0.2, -0.15) is 10.1 Å². The van der Waals surface area contributed by atoms with Gasteiger partial charge in [0.2, 0.25) is 5.95 Å². The van der Waals surface area contributed by atoms with Crippen LogP contribution in [0.15, 0.2) is 40.2 Å². The fourth-order valence-corrected chi connectivity index (χ4v) is 3.71. The monoisotopic (exact) mass is 382 g/mol. The van der Waals surface area contributed by atoms with Gasteiger partial charge in [0, 0.05) is 23.7 Å². The molecular weight excluding hydrogens is 360 g/mol. The van der Waals surface area contributed by atoms with Gasteiger partial charge in [0.1, 0.15) is 16.7 Å². The molecule has 0 saturated carbocycles. The van der Waals surface area contributed by atoms with E-state index in [4.69, 9.17) is 4.98 Å². The van der Waals surface area contributed by atoms with Gasteiger partial charge in [0.25, 0.3) is 5.56 Å². The van der Waals surface area contributed by atoms with Gasteiger partial charge in [0.05, 0.1) is 6.20 Å². The van der Waals surface area contributed by atoms with Crippen molar-refractivity contribution in [2.45, 2.75) is 30.6 Å². The second-order valence-corrected chi connectivity index (χ2v) is 7.47. The first-order valence-corrected chi connectivity index (χ1v) is 10.4. The van der Waals surface area contributed by atoms with Crippen molar-refractivity contribution in [1.29, 1.82) is 0 Å². The Morgan fingerprint density at radius 3 is 2.52 bits per heavy atom. The molecule has 8 heteroatoms. The van der Waals surface area contributed by atoms with Gasteiger partial charge in [-0.25, -0.2) is 10.1 Å². The molecule has 1 aliphatic heterocycles. The van der Waals surface area contributed by atoms with E-state index in [9.17, 15) is 4.79 Å². The number of thioether (sulfide) groups is 1. The lowest BCUT2D eigenvalue weighted by atomic mass is 10.2. The Bertz CT molecular complexity index is 980. The predicted octanol–water partition coefficient (Wildman–Crippen LogP) is 3.56. The maximum Gasteiger partial charge on any atom is 0.277 e. The van der Waals surface area contributed by atoms with Crippen LogP contribution < -0.4 is 15.8 Å². The number of aromatic amines is 1. The number of aromatic nitrogens is 4. The molecule has 27 heavy (non-hydrogen) atoms. The summed E-state index contributed by atoms with van der Waals surface area (Å²) in [6.45, 7) is 1.87. The molecular formula is C19H22N6OS. The highest BCUT2D eigenvalue weighted by atomic mass is 32.2. The molecule has 0 unspecified atom stereocenters. The predicted molar refractivity (Wildman–Crippen MR) is 110 cm³/mol. The van der Waals surface area contributed by atoms with Crippen LogP contribution in [0.2, 0.25) is 0 Å². The van der Waals surface area contributed by atoms with E-state index in [2.05, 4.69) is 25.4 Å². The van der Waals surface area contributed by atoms with Crippen LogP contribution in [0.5, 0.6) is 0 Å². The van der Waals surface area contributed by atoms with E-state index < -0.39 is 0 Å². The molecule has 1 saturated heterocycles. The SMILES string of the molecule is CSc1ccc(Nc2nc(N3CCCCCC3)nc3cn[nH]c(=O)c23)cc1. The lowest BCUT2D eigenvalue weighted by Crippen LogP contribution is -2.26. The number of nitrogens with one attached hydrogen (secondary N) is 2. The Morgan fingerprint density at radius 1 is 1.07 bits per heavy atom. The van der Waals surface area contributed by atoms with E-state index in [1.807, 2.05) is 30.5 Å². The Kier molecular flexibility index (Phi) is 5.24. The minimum atomic E-state index is -0.293. The molecule has 0 spiro atoms. The van der Waals surface area contributed by atoms with Gasteiger partial charge in [0.15, 0.2) is 0 Å². The fourth-order valence-electron chi connectivity index (χ4n) is 3.30. The summed E-state index contributed by atoms with van der Waals surface area (Å²) in [6, 6.07) is 8.05. The first-order chi connectivity index (χ1) is 13.2. The number of H-pyrrole nitrogens is 1. The lowest BCUT2D eigenvalue weighted by molar-refractivity contribution is 0.726. The van der Waals surface area contributed by atoms with Gasteiger partial charge >= 0.3 is 0 Å². The van der Waals surface area contributed by atoms with Crippen LogP contribution >= 0.6 is 11.8 Å². The summed E-state index contributed by atoms with van der Waals surface area (Å²) in [5, 5.41) is 10.1. The molecule has 140 valence electrons. The third kappa shape index (κ3) is 3.90. The van der Waals surface area contributed by atoms with E-state index in [-0.39, 0.29) is 5.56 Å².